The molecule has 0 bridgehead atoms. The summed E-state index contributed by atoms with van der Waals surface area (Å²) in [5.41, 5.74) is 0. The Kier molecular flexibility index (Phi) is 15.5. The highest BCUT2D eigenvalue weighted by Gasteiger charge is 1.91. The average molecular weight is 278 g/mol. The zero-order chi connectivity index (χ0) is 10.5. The van der Waals surface area contributed by atoms with Gasteiger partial charge in [-0.2, -0.15) is 0 Å². The first kappa shape index (κ1) is 15.2. The van der Waals surface area contributed by atoms with Crippen LogP contribution in [0.3, 0.4) is 0 Å². The zero-order valence-electron chi connectivity index (χ0n) is 7.59. The predicted molar refractivity (Wildman–Crippen MR) is 66.4 cm³/mol. The highest BCUT2D eigenvalue weighted by atomic mass is 33.7. The van der Waals surface area contributed by atoms with Crippen LogP contribution in [0.1, 0.15) is 0 Å². The monoisotopic (exact) mass is 278 g/mol. The van der Waals surface area contributed by atoms with Crippen molar-refractivity contribution in [1.29, 1.82) is 0 Å². The van der Waals surface area contributed by atoms with Crippen molar-refractivity contribution in [2.45, 2.75) is 0 Å². The summed E-state index contributed by atoms with van der Waals surface area (Å²) < 4.78 is 15.1. The lowest BCUT2D eigenvalue weighted by Crippen LogP contribution is -2.08. The second-order valence-electron chi connectivity index (χ2n) is 1.94. The molecule has 0 radical (unpaired) electrons. The molecule has 0 unspecified atom stereocenters. The Morgan fingerprint density at radius 1 is 1.07 bits per heavy atom. The molecule has 0 spiro atoms. The fourth-order valence-corrected chi connectivity index (χ4v) is 3.12. The first-order chi connectivity index (χ1) is 6.91. The molecular formula is C6H14O4S4. The van der Waals surface area contributed by atoms with Crippen LogP contribution in [0, 0.1) is 0 Å². The number of aliphatic hydroxyl groups excluding tert-OH is 1. The molecule has 14 heavy (non-hydrogen) atoms. The van der Waals surface area contributed by atoms with Crippen molar-refractivity contribution in [3.05, 3.63) is 0 Å². The molecule has 0 saturated heterocycles. The minimum absolute atomic E-state index is 0.0229. The molecule has 0 aromatic carbocycles. The van der Waals surface area contributed by atoms with Gasteiger partial charge in [0.15, 0.2) is 0 Å². The molecular weight excluding hydrogens is 264 g/mol. The van der Waals surface area contributed by atoms with E-state index in [1.54, 1.807) is 20.6 Å². The van der Waals surface area contributed by atoms with Crippen LogP contribution in [0.5, 0.6) is 0 Å². The molecule has 0 atom stereocenters. The summed E-state index contributed by atoms with van der Waals surface area (Å²) in [4.78, 5) is 0. The first-order valence-electron chi connectivity index (χ1n) is 3.85. The van der Waals surface area contributed by atoms with E-state index in [1.807, 2.05) is 0 Å². The highest BCUT2D eigenvalue weighted by Crippen LogP contribution is 2.36. The molecule has 0 amide bonds. The number of ether oxygens (including phenoxy) is 3. The Morgan fingerprint density at radius 2 is 1.79 bits per heavy atom. The molecule has 86 valence electrons. The molecule has 0 fully saturated rings. The van der Waals surface area contributed by atoms with Crippen LogP contribution in [-0.4, -0.2) is 44.3 Å². The minimum atomic E-state index is 0.0229. The lowest BCUT2D eigenvalue weighted by atomic mass is 10.8. The van der Waals surface area contributed by atoms with E-state index in [9.17, 15) is 0 Å². The zero-order valence-corrected chi connectivity index (χ0v) is 10.9. The lowest BCUT2D eigenvalue weighted by molar-refractivity contribution is -0.0734. The van der Waals surface area contributed by atoms with E-state index in [-0.39, 0.29) is 13.4 Å². The summed E-state index contributed by atoms with van der Waals surface area (Å²) >= 11 is 3.95. The Balaban J connectivity index is 2.78. The Bertz CT molecular complexity index is 95.8. The SMILES string of the molecule is OCCOCOCCOCSSSS. The van der Waals surface area contributed by atoms with Crippen LogP contribution in [0.2, 0.25) is 0 Å². The highest BCUT2D eigenvalue weighted by molar-refractivity contribution is 9.23. The van der Waals surface area contributed by atoms with Gasteiger partial charge < -0.3 is 19.3 Å². The number of hydrogen-bond acceptors (Lipinski definition) is 8. The van der Waals surface area contributed by atoms with Crippen molar-refractivity contribution in [1.82, 2.24) is 0 Å². The molecule has 8 heteroatoms. The van der Waals surface area contributed by atoms with Gasteiger partial charge in [-0.15, -0.1) is 0 Å². The second-order valence-corrected chi connectivity index (χ2v) is 6.83. The summed E-state index contributed by atoms with van der Waals surface area (Å²) in [5.74, 6) is 0.624. The van der Waals surface area contributed by atoms with Gasteiger partial charge in [0, 0.05) is 0 Å². The van der Waals surface area contributed by atoms with Crippen molar-refractivity contribution >= 4 is 42.1 Å². The van der Waals surface area contributed by atoms with E-state index in [0.717, 1.165) is 0 Å². The first-order valence-corrected chi connectivity index (χ1v) is 8.56. The van der Waals surface area contributed by atoms with E-state index in [2.05, 4.69) is 11.7 Å². The number of thiol groups is 1. The molecule has 0 rings (SSSR count). The van der Waals surface area contributed by atoms with Crippen molar-refractivity contribution < 1.29 is 19.3 Å². The summed E-state index contributed by atoms with van der Waals surface area (Å²) in [6.07, 6.45) is 0. The maximum Gasteiger partial charge on any atom is 0.146 e. The van der Waals surface area contributed by atoms with Crippen LogP contribution < -0.4 is 0 Å². The van der Waals surface area contributed by atoms with E-state index in [0.29, 0.717) is 25.8 Å². The summed E-state index contributed by atoms with van der Waals surface area (Å²) in [7, 11) is 4.55. The van der Waals surface area contributed by atoms with E-state index < -0.39 is 0 Å². The molecule has 1 N–H and O–H groups in total. The number of rotatable bonds is 11. The molecule has 0 aliphatic heterocycles. The van der Waals surface area contributed by atoms with Gasteiger partial charge in [0.05, 0.1) is 26.4 Å². The van der Waals surface area contributed by atoms with Crippen molar-refractivity contribution in [3.63, 3.8) is 0 Å². The maximum absolute atomic E-state index is 8.37. The third-order valence-corrected chi connectivity index (χ3v) is 5.22. The normalized spacial score (nSPS) is 10.7. The van der Waals surface area contributed by atoms with Gasteiger partial charge in [0.2, 0.25) is 0 Å². The second kappa shape index (κ2) is 14.2. The van der Waals surface area contributed by atoms with Gasteiger partial charge in [-0.25, -0.2) is 0 Å². The quantitative estimate of drug-likeness (QED) is 0.259. The van der Waals surface area contributed by atoms with Gasteiger partial charge in [-0.3, -0.25) is 0 Å². The molecule has 0 heterocycles. The van der Waals surface area contributed by atoms with Crippen LogP contribution in [-0.2, 0) is 14.2 Å². The van der Waals surface area contributed by atoms with Crippen molar-refractivity contribution in [3.8, 4) is 0 Å². The van der Waals surface area contributed by atoms with Gasteiger partial charge in [-0.05, 0) is 19.7 Å². The third-order valence-electron chi connectivity index (χ3n) is 0.984. The van der Waals surface area contributed by atoms with Crippen LogP contribution in [0.4, 0.5) is 0 Å². The van der Waals surface area contributed by atoms with Crippen molar-refractivity contribution in [2.24, 2.45) is 0 Å². The fraction of sp³-hybridized carbons (Fsp3) is 1.00. The largest absolute Gasteiger partial charge is 0.394 e. The van der Waals surface area contributed by atoms with Gasteiger partial charge in [-0.1, -0.05) is 22.5 Å². The van der Waals surface area contributed by atoms with Gasteiger partial charge in [0.25, 0.3) is 0 Å². The number of aliphatic hydroxyl groups is 1. The minimum Gasteiger partial charge on any atom is -0.394 e. The molecule has 0 aliphatic carbocycles. The van der Waals surface area contributed by atoms with Crippen LogP contribution >= 0.6 is 42.1 Å². The van der Waals surface area contributed by atoms with Crippen LogP contribution in [0.15, 0.2) is 0 Å². The van der Waals surface area contributed by atoms with Crippen molar-refractivity contribution in [2.75, 3.05) is 39.2 Å². The van der Waals surface area contributed by atoms with E-state index in [1.165, 1.54) is 9.83 Å². The summed E-state index contributed by atoms with van der Waals surface area (Å²) in [5, 5.41) is 8.37. The Hall–Kier alpha value is 1.24. The molecule has 0 aromatic rings. The Morgan fingerprint density at radius 3 is 2.50 bits per heavy atom. The van der Waals surface area contributed by atoms with E-state index >= 15 is 0 Å². The predicted octanol–water partition coefficient (Wildman–Crippen LogP) is 1.82. The molecule has 4 nitrogen and oxygen atoms in total. The average Bonchev–Trinajstić information content (AvgIpc) is 2.21. The topological polar surface area (TPSA) is 47.9 Å². The third kappa shape index (κ3) is 13.2. The smallest absolute Gasteiger partial charge is 0.146 e. The molecule has 0 aliphatic rings. The summed E-state index contributed by atoms with van der Waals surface area (Å²) in [6.45, 7) is 1.60. The fourth-order valence-electron chi connectivity index (χ4n) is 0.493. The molecule has 0 aromatic heterocycles. The lowest BCUT2D eigenvalue weighted by Gasteiger charge is -2.04. The Labute approximate surface area is 100 Å². The maximum atomic E-state index is 8.37. The number of hydrogen-bond donors (Lipinski definition) is 2. The van der Waals surface area contributed by atoms with Gasteiger partial charge >= 0.3 is 0 Å². The molecule has 0 saturated carbocycles. The standard InChI is InChI=1S/C6H14O4S4/c7-1-2-8-5-9-3-4-10-6-12-14-13-11/h7,11H,1-6H2. The van der Waals surface area contributed by atoms with Gasteiger partial charge in [0.1, 0.15) is 12.7 Å². The van der Waals surface area contributed by atoms with Crippen LogP contribution in [0.25, 0.3) is 0 Å². The van der Waals surface area contributed by atoms with E-state index in [4.69, 9.17) is 19.3 Å². The summed E-state index contributed by atoms with van der Waals surface area (Å²) in [6, 6.07) is 0.